The first kappa shape index (κ1) is 48.7. The fourth-order valence-electron chi connectivity index (χ4n) is 5.58. The molecular formula is C41H80N2O6P+. The van der Waals surface area contributed by atoms with Gasteiger partial charge in [0.25, 0.3) is 0 Å². The minimum absolute atomic E-state index is 0.0703. The number of likely N-dealkylation sites (N-methyl/N-ethyl adjacent to an activating group) is 1. The molecule has 0 aliphatic carbocycles. The lowest BCUT2D eigenvalue weighted by Gasteiger charge is -2.26. The largest absolute Gasteiger partial charge is 0.472 e. The van der Waals surface area contributed by atoms with E-state index in [-0.39, 0.29) is 19.1 Å². The van der Waals surface area contributed by atoms with Crippen LogP contribution in [0.5, 0.6) is 0 Å². The van der Waals surface area contributed by atoms with Gasteiger partial charge >= 0.3 is 7.82 Å². The highest BCUT2D eigenvalue weighted by Crippen LogP contribution is 2.43. The Morgan fingerprint density at radius 2 is 1.14 bits per heavy atom. The van der Waals surface area contributed by atoms with Crippen molar-refractivity contribution in [2.75, 3.05) is 40.9 Å². The van der Waals surface area contributed by atoms with Crippen LogP contribution < -0.4 is 5.32 Å². The zero-order chi connectivity index (χ0) is 37.2. The molecule has 0 aliphatic rings. The van der Waals surface area contributed by atoms with Crippen LogP contribution in [0.2, 0.25) is 0 Å². The summed E-state index contributed by atoms with van der Waals surface area (Å²) in [6.07, 6.45) is 39.0. The number of hydrogen-bond donors (Lipinski definition) is 3. The normalized spacial score (nSPS) is 14.9. The van der Waals surface area contributed by atoms with Crippen molar-refractivity contribution in [1.29, 1.82) is 0 Å². The van der Waals surface area contributed by atoms with Crippen molar-refractivity contribution in [3.63, 3.8) is 0 Å². The van der Waals surface area contributed by atoms with Crippen molar-refractivity contribution in [3.05, 3.63) is 36.5 Å². The Bertz CT molecular complexity index is 917. The SMILES string of the molecule is CCCCCCC/C=C\C/C=C\C/C=C\CCCCCCCCC(=O)NC(COP(=O)(O)OCC[N+](C)(C)C)C(O)CCCCCCCCC. The Balaban J connectivity index is 4.27. The van der Waals surface area contributed by atoms with Crippen molar-refractivity contribution in [2.24, 2.45) is 0 Å². The maximum atomic E-state index is 12.8. The van der Waals surface area contributed by atoms with E-state index in [1.807, 2.05) is 21.1 Å². The number of hydrogen-bond acceptors (Lipinski definition) is 5. The molecule has 1 amide bonds. The van der Waals surface area contributed by atoms with Gasteiger partial charge in [0.2, 0.25) is 5.91 Å². The topological polar surface area (TPSA) is 105 Å². The number of aliphatic hydroxyl groups excluding tert-OH is 1. The maximum Gasteiger partial charge on any atom is 0.472 e. The van der Waals surface area contributed by atoms with Gasteiger partial charge in [-0.15, -0.1) is 0 Å². The number of quaternary nitrogens is 1. The van der Waals surface area contributed by atoms with E-state index in [1.54, 1.807) is 0 Å². The van der Waals surface area contributed by atoms with Gasteiger partial charge in [0.15, 0.2) is 0 Å². The Kier molecular flexibility index (Phi) is 32.7. The number of aliphatic hydroxyl groups is 1. The molecular weight excluding hydrogens is 647 g/mol. The second-order valence-corrected chi connectivity index (χ2v) is 16.5. The number of carbonyl (C=O) groups is 1. The minimum Gasteiger partial charge on any atom is -0.391 e. The van der Waals surface area contributed by atoms with Gasteiger partial charge < -0.3 is 19.8 Å². The Morgan fingerprint density at radius 1 is 0.680 bits per heavy atom. The summed E-state index contributed by atoms with van der Waals surface area (Å²) in [6, 6.07) is -0.764. The highest BCUT2D eigenvalue weighted by atomic mass is 31.2. The third kappa shape index (κ3) is 35.1. The first-order valence-corrected chi connectivity index (χ1v) is 21.8. The van der Waals surface area contributed by atoms with E-state index in [0.717, 1.165) is 64.2 Å². The van der Waals surface area contributed by atoms with E-state index in [0.29, 0.717) is 23.9 Å². The summed E-state index contributed by atoms with van der Waals surface area (Å²) in [5.41, 5.74) is 0. The molecule has 3 unspecified atom stereocenters. The maximum absolute atomic E-state index is 12.8. The van der Waals surface area contributed by atoms with Crippen molar-refractivity contribution >= 4 is 13.7 Å². The number of amides is 1. The van der Waals surface area contributed by atoms with Crippen LogP contribution in [0, 0.1) is 0 Å². The zero-order valence-corrected chi connectivity index (χ0v) is 34.0. The molecule has 0 fully saturated rings. The molecule has 0 radical (unpaired) electrons. The van der Waals surface area contributed by atoms with Crippen molar-refractivity contribution in [3.8, 4) is 0 Å². The molecule has 0 spiro atoms. The van der Waals surface area contributed by atoms with Crippen LogP contribution in [-0.4, -0.2) is 73.4 Å². The minimum atomic E-state index is -4.30. The lowest BCUT2D eigenvalue weighted by atomic mass is 10.0. The molecule has 50 heavy (non-hydrogen) atoms. The molecule has 0 heterocycles. The second kappa shape index (κ2) is 33.5. The fraction of sp³-hybridized carbons (Fsp3) is 0.829. The average Bonchev–Trinajstić information content (AvgIpc) is 3.06. The van der Waals surface area contributed by atoms with E-state index in [2.05, 4.69) is 55.6 Å². The second-order valence-electron chi connectivity index (χ2n) is 15.0. The van der Waals surface area contributed by atoms with E-state index in [9.17, 15) is 19.4 Å². The molecule has 8 nitrogen and oxygen atoms in total. The van der Waals surface area contributed by atoms with Crippen LogP contribution in [0.1, 0.15) is 168 Å². The summed E-state index contributed by atoms with van der Waals surface area (Å²) >= 11 is 0. The van der Waals surface area contributed by atoms with Crippen LogP contribution in [0.25, 0.3) is 0 Å². The molecule has 3 atom stereocenters. The summed E-state index contributed by atoms with van der Waals surface area (Å²) in [4.78, 5) is 23.0. The lowest BCUT2D eigenvalue weighted by molar-refractivity contribution is -0.870. The third-order valence-corrected chi connectivity index (χ3v) is 9.88. The smallest absolute Gasteiger partial charge is 0.391 e. The number of phosphoric ester groups is 1. The summed E-state index contributed by atoms with van der Waals surface area (Å²) in [5, 5.41) is 13.8. The van der Waals surface area contributed by atoms with Crippen LogP contribution in [0.15, 0.2) is 36.5 Å². The lowest BCUT2D eigenvalue weighted by Crippen LogP contribution is -2.46. The molecule has 0 aromatic rings. The average molecular weight is 728 g/mol. The van der Waals surface area contributed by atoms with Crippen molar-refractivity contribution in [2.45, 2.75) is 180 Å². The van der Waals surface area contributed by atoms with Crippen LogP contribution in [-0.2, 0) is 18.4 Å². The molecule has 0 rings (SSSR count). The highest BCUT2D eigenvalue weighted by molar-refractivity contribution is 7.47. The zero-order valence-electron chi connectivity index (χ0n) is 33.1. The Morgan fingerprint density at radius 3 is 1.66 bits per heavy atom. The molecule has 0 aliphatic heterocycles. The Hall–Kier alpha value is -1.28. The Labute approximate surface area is 308 Å². The number of rotatable bonds is 36. The standard InChI is InChI=1S/C41H79N2O6P/c1-6-8-10-12-14-15-16-17-18-19-20-21-22-23-24-25-26-27-29-31-33-35-41(45)42-39(40(44)34-32-30-28-13-11-9-7-2)38-49-50(46,47)48-37-36-43(3,4)5/h16-17,19-20,22-23,39-40,44H,6-15,18,21,24-38H2,1-5H3,(H-,42,45,46,47)/p+1/b17-16-,20-19-,23-22-. The van der Waals surface area contributed by atoms with E-state index < -0.39 is 20.0 Å². The number of nitrogens with zero attached hydrogens (tertiary/aromatic N) is 1. The van der Waals surface area contributed by atoms with Gasteiger partial charge in [-0.3, -0.25) is 13.8 Å². The number of phosphoric acid groups is 1. The number of carbonyl (C=O) groups excluding carboxylic acids is 1. The first-order valence-electron chi connectivity index (χ1n) is 20.4. The summed E-state index contributed by atoms with van der Waals surface area (Å²) in [6.45, 7) is 4.80. The fourth-order valence-corrected chi connectivity index (χ4v) is 6.32. The monoisotopic (exact) mass is 728 g/mol. The van der Waals surface area contributed by atoms with Gasteiger partial charge in [-0.25, -0.2) is 4.57 Å². The van der Waals surface area contributed by atoms with E-state index in [1.165, 1.54) is 77.0 Å². The van der Waals surface area contributed by atoms with Gasteiger partial charge in [0, 0.05) is 6.42 Å². The molecule has 3 N–H and O–H groups in total. The molecule has 0 aromatic carbocycles. The first-order chi connectivity index (χ1) is 24.0. The molecule has 0 saturated heterocycles. The molecule has 9 heteroatoms. The van der Waals surface area contributed by atoms with Gasteiger partial charge in [-0.2, -0.15) is 0 Å². The third-order valence-electron chi connectivity index (χ3n) is 8.89. The predicted octanol–water partition coefficient (Wildman–Crippen LogP) is 10.7. The highest BCUT2D eigenvalue weighted by Gasteiger charge is 2.28. The van der Waals surface area contributed by atoms with E-state index in [4.69, 9.17) is 9.05 Å². The molecule has 0 bridgehead atoms. The van der Waals surface area contributed by atoms with Crippen molar-refractivity contribution in [1.82, 2.24) is 5.32 Å². The number of allylic oxidation sites excluding steroid dienone is 6. The quantitative estimate of drug-likeness (QED) is 0.0257. The van der Waals surface area contributed by atoms with Crippen LogP contribution in [0.3, 0.4) is 0 Å². The van der Waals surface area contributed by atoms with Crippen LogP contribution >= 0.6 is 7.82 Å². The van der Waals surface area contributed by atoms with Gasteiger partial charge in [0.1, 0.15) is 13.2 Å². The van der Waals surface area contributed by atoms with Gasteiger partial charge in [-0.05, 0) is 51.4 Å². The number of nitrogens with one attached hydrogen (secondary N) is 1. The summed E-state index contributed by atoms with van der Waals surface area (Å²) in [7, 11) is 1.60. The van der Waals surface area contributed by atoms with Gasteiger partial charge in [-0.1, -0.05) is 147 Å². The predicted molar refractivity (Wildman–Crippen MR) is 212 cm³/mol. The van der Waals surface area contributed by atoms with Crippen LogP contribution in [0.4, 0.5) is 0 Å². The summed E-state index contributed by atoms with van der Waals surface area (Å²) in [5.74, 6) is -0.163. The van der Waals surface area contributed by atoms with Crippen molar-refractivity contribution < 1.29 is 32.9 Å². The number of unbranched alkanes of at least 4 members (excludes halogenated alkanes) is 17. The molecule has 0 aromatic heterocycles. The van der Waals surface area contributed by atoms with Gasteiger partial charge in [0.05, 0.1) is 39.9 Å². The van der Waals surface area contributed by atoms with E-state index >= 15 is 0 Å². The molecule has 294 valence electrons. The summed E-state index contributed by atoms with van der Waals surface area (Å²) < 4.78 is 23.4. The molecule has 0 saturated carbocycles.